The zero-order valence-electron chi connectivity index (χ0n) is 10.7. The number of alkyl halides is 3. The van der Waals surface area contributed by atoms with Gasteiger partial charge in [-0.1, -0.05) is 31.0 Å². The first kappa shape index (κ1) is 14.3. The van der Waals surface area contributed by atoms with Crippen LogP contribution in [0.2, 0.25) is 0 Å². The zero-order chi connectivity index (χ0) is 14.1. The molecule has 1 saturated carbocycles. The van der Waals surface area contributed by atoms with Gasteiger partial charge in [0.2, 0.25) is 0 Å². The maximum Gasteiger partial charge on any atom is 0.416 e. The maximum atomic E-state index is 13.0. The fourth-order valence-corrected chi connectivity index (χ4v) is 2.84. The van der Waals surface area contributed by atoms with Crippen LogP contribution in [0.15, 0.2) is 24.3 Å². The summed E-state index contributed by atoms with van der Waals surface area (Å²) in [6.45, 7) is 0. The first-order valence-corrected chi connectivity index (χ1v) is 6.30. The number of aliphatic hydroxyl groups excluding tert-OH is 1. The van der Waals surface area contributed by atoms with Gasteiger partial charge in [-0.2, -0.15) is 13.2 Å². The molecule has 0 radical (unpaired) electrons. The fraction of sp³-hybridized carbons (Fsp3) is 0.571. The molecule has 0 saturated heterocycles. The number of hydrogen-bond donors (Lipinski definition) is 1. The molecule has 1 aliphatic carbocycles. The SMILES string of the molecule is COC1(C(O)c2ccccc2C(F)(F)F)CCCC1. The molecule has 0 aliphatic heterocycles. The summed E-state index contributed by atoms with van der Waals surface area (Å²) in [5.74, 6) is 0. The average Bonchev–Trinajstić information content (AvgIpc) is 2.87. The Morgan fingerprint density at radius 1 is 1.21 bits per heavy atom. The standard InChI is InChI=1S/C14H17F3O2/c1-19-13(8-4-5-9-13)12(18)10-6-2-3-7-11(10)14(15,16)17/h2-3,6-7,12,18H,4-5,8-9H2,1H3. The Balaban J connectivity index is 2.41. The van der Waals surface area contributed by atoms with Gasteiger partial charge < -0.3 is 9.84 Å². The van der Waals surface area contributed by atoms with Gasteiger partial charge in [-0.25, -0.2) is 0 Å². The fourth-order valence-electron chi connectivity index (χ4n) is 2.84. The summed E-state index contributed by atoms with van der Waals surface area (Å²) < 4.78 is 44.3. The molecular formula is C14H17F3O2. The molecule has 0 spiro atoms. The summed E-state index contributed by atoms with van der Waals surface area (Å²) in [6.07, 6.45) is -2.84. The van der Waals surface area contributed by atoms with E-state index in [2.05, 4.69) is 0 Å². The second kappa shape index (κ2) is 5.13. The molecule has 0 heterocycles. The molecule has 2 rings (SSSR count). The van der Waals surface area contributed by atoms with E-state index in [4.69, 9.17) is 4.74 Å². The van der Waals surface area contributed by atoms with Gasteiger partial charge in [-0.3, -0.25) is 0 Å². The molecule has 1 unspecified atom stereocenters. The average molecular weight is 274 g/mol. The second-order valence-electron chi connectivity index (χ2n) is 4.96. The number of rotatable bonds is 3. The highest BCUT2D eigenvalue weighted by molar-refractivity contribution is 5.33. The van der Waals surface area contributed by atoms with Crippen LogP contribution in [0.1, 0.15) is 42.9 Å². The number of ether oxygens (including phenoxy) is 1. The summed E-state index contributed by atoms with van der Waals surface area (Å²) in [5.41, 5.74) is -1.77. The van der Waals surface area contributed by atoms with E-state index >= 15 is 0 Å². The van der Waals surface area contributed by atoms with Crippen LogP contribution in [0.5, 0.6) is 0 Å². The van der Waals surface area contributed by atoms with Crippen molar-refractivity contribution < 1.29 is 23.0 Å². The lowest BCUT2D eigenvalue weighted by Crippen LogP contribution is -2.36. The van der Waals surface area contributed by atoms with E-state index in [1.54, 1.807) is 0 Å². The predicted octanol–water partition coefficient (Wildman–Crippen LogP) is 3.70. The molecule has 0 amide bonds. The first-order chi connectivity index (χ1) is 8.91. The third-order valence-electron chi connectivity index (χ3n) is 3.92. The van der Waals surface area contributed by atoms with Crippen molar-refractivity contribution in [3.63, 3.8) is 0 Å². The Hall–Kier alpha value is -1.07. The van der Waals surface area contributed by atoms with E-state index in [-0.39, 0.29) is 5.56 Å². The van der Waals surface area contributed by atoms with E-state index in [0.717, 1.165) is 18.9 Å². The highest BCUT2D eigenvalue weighted by Gasteiger charge is 2.45. The lowest BCUT2D eigenvalue weighted by Gasteiger charge is -2.34. The van der Waals surface area contributed by atoms with E-state index < -0.39 is 23.4 Å². The minimum atomic E-state index is -4.47. The summed E-state index contributed by atoms with van der Waals surface area (Å²) in [5, 5.41) is 10.4. The molecule has 106 valence electrons. The van der Waals surface area contributed by atoms with Crippen molar-refractivity contribution in [3.05, 3.63) is 35.4 Å². The van der Waals surface area contributed by atoms with Crippen LogP contribution < -0.4 is 0 Å². The molecule has 1 aromatic rings. The largest absolute Gasteiger partial charge is 0.416 e. The van der Waals surface area contributed by atoms with Crippen LogP contribution >= 0.6 is 0 Å². The Kier molecular flexibility index (Phi) is 3.87. The molecule has 5 heteroatoms. The van der Waals surface area contributed by atoms with Crippen LogP contribution in [0.4, 0.5) is 13.2 Å². The molecule has 1 aliphatic rings. The quantitative estimate of drug-likeness (QED) is 0.910. The van der Waals surface area contributed by atoms with E-state index in [1.807, 2.05) is 0 Å². The molecule has 1 N–H and O–H groups in total. The summed E-state index contributed by atoms with van der Waals surface area (Å²) in [7, 11) is 1.45. The molecule has 2 nitrogen and oxygen atoms in total. The van der Waals surface area contributed by atoms with Gasteiger partial charge in [-0.15, -0.1) is 0 Å². The van der Waals surface area contributed by atoms with Crippen LogP contribution in [0.3, 0.4) is 0 Å². The maximum absolute atomic E-state index is 13.0. The molecule has 1 aromatic carbocycles. The smallest absolute Gasteiger partial charge is 0.385 e. The van der Waals surface area contributed by atoms with Crippen molar-refractivity contribution in [2.75, 3.05) is 7.11 Å². The van der Waals surface area contributed by atoms with E-state index in [1.165, 1.54) is 25.3 Å². The highest BCUT2D eigenvalue weighted by Crippen LogP contribution is 2.45. The van der Waals surface area contributed by atoms with Gasteiger partial charge in [-0.05, 0) is 24.5 Å². The van der Waals surface area contributed by atoms with Crippen molar-refractivity contribution >= 4 is 0 Å². The molecule has 0 aromatic heterocycles. The number of benzene rings is 1. The number of methoxy groups -OCH3 is 1. The summed E-state index contributed by atoms with van der Waals surface area (Å²) >= 11 is 0. The van der Waals surface area contributed by atoms with Crippen molar-refractivity contribution in [2.45, 2.75) is 43.6 Å². The van der Waals surface area contributed by atoms with Gasteiger partial charge in [0.05, 0.1) is 11.2 Å². The summed E-state index contributed by atoms with van der Waals surface area (Å²) in [6, 6.07) is 5.16. The van der Waals surface area contributed by atoms with Crippen LogP contribution in [-0.2, 0) is 10.9 Å². The van der Waals surface area contributed by atoms with Crippen molar-refractivity contribution in [2.24, 2.45) is 0 Å². The third kappa shape index (κ3) is 2.62. The zero-order valence-corrected chi connectivity index (χ0v) is 10.7. The lowest BCUT2D eigenvalue weighted by molar-refractivity contribution is -0.143. The van der Waals surface area contributed by atoms with Crippen LogP contribution in [0, 0.1) is 0 Å². The van der Waals surface area contributed by atoms with Crippen LogP contribution in [0.25, 0.3) is 0 Å². The highest BCUT2D eigenvalue weighted by atomic mass is 19.4. The summed E-state index contributed by atoms with van der Waals surface area (Å²) in [4.78, 5) is 0. The van der Waals surface area contributed by atoms with Gasteiger partial charge in [0.25, 0.3) is 0 Å². The second-order valence-corrected chi connectivity index (χ2v) is 4.96. The molecule has 19 heavy (non-hydrogen) atoms. The Bertz CT molecular complexity index is 437. The topological polar surface area (TPSA) is 29.5 Å². The number of hydrogen-bond acceptors (Lipinski definition) is 2. The van der Waals surface area contributed by atoms with Gasteiger partial charge in [0.1, 0.15) is 6.10 Å². The number of aliphatic hydroxyl groups is 1. The van der Waals surface area contributed by atoms with Crippen LogP contribution in [-0.4, -0.2) is 17.8 Å². The minimum absolute atomic E-state index is 0.0984. The monoisotopic (exact) mass is 274 g/mol. The van der Waals surface area contributed by atoms with Crippen molar-refractivity contribution in [3.8, 4) is 0 Å². The van der Waals surface area contributed by atoms with Gasteiger partial charge in [0.15, 0.2) is 0 Å². The van der Waals surface area contributed by atoms with Gasteiger partial charge >= 0.3 is 6.18 Å². The number of halogens is 3. The van der Waals surface area contributed by atoms with Gasteiger partial charge in [0, 0.05) is 7.11 Å². The Morgan fingerprint density at radius 3 is 2.32 bits per heavy atom. The lowest BCUT2D eigenvalue weighted by atomic mass is 9.87. The molecule has 1 fully saturated rings. The third-order valence-corrected chi connectivity index (χ3v) is 3.92. The minimum Gasteiger partial charge on any atom is -0.385 e. The first-order valence-electron chi connectivity index (χ1n) is 6.30. The van der Waals surface area contributed by atoms with E-state index in [0.29, 0.717) is 12.8 Å². The van der Waals surface area contributed by atoms with Crippen molar-refractivity contribution in [1.82, 2.24) is 0 Å². The Morgan fingerprint density at radius 2 is 1.79 bits per heavy atom. The molecular weight excluding hydrogens is 257 g/mol. The predicted molar refractivity (Wildman–Crippen MR) is 64.6 cm³/mol. The Labute approximate surface area is 110 Å². The normalized spacial score (nSPS) is 20.5. The molecule has 0 bridgehead atoms. The van der Waals surface area contributed by atoms with E-state index in [9.17, 15) is 18.3 Å². The molecule has 1 atom stereocenters. The van der Waals surface area contributed by atoms with Crippen molar-refractivity contribution in [1.29, 1.82) is 0 Å².